The molecule has 2 amide bonds. The molecule has 3 aromatic carbocycles. The average Bonchev–Trinajstić information content (AvgIpc) is 2.75. The van der Waals surface area contributed by atoms with Gasteiger partial charge in [0, 0.05) is 11.3 Å². The van der Waals surface area contributed by atoms with Crippen molar-refractivity contribution in [3.05, 3.63) is 94.5 Å². The number of hydrogen-bond acceptors (Lipinski definition) is 3. The van der Waals surface area contributed by atoms with Gasteiger partial charge in [-0.2, -0.15) is 0 Å². The molecule has 31 heavy (non-hydrogen) atoms. The standard InChI is InChI=1S/C21H15ClF2N4O2S/c22-16-6-1-2-7-18(16)26-21(31)28-27-19(29)12-4-3-5-14(10-12)25-20(30)15-11-13(23)8-9-17(15)24/h1-11H,(H,25,30)(H,27,29)(H2,26,28,31). The van der Waals surface area contributed by atoms with Gasteiger partial charge in [0.15, 0.2) is 5.11 Å². The fourth-order valence-electron chi connectivity index (χ4n) is 2.51. The van der Waals surface area contributed by atoms with Crippen LogP contribution >= 0.6 is 23.8 Å². The molecule has 0 heterocycles. The van der Waals surface area contributed by atoms with Crippen molar-refractivity contribution in [3.8, 4) is 0 Å². The minimum absolute atomic E-state index is 0.104. The van der Waals surface area contributed by atoms with Crippen LogP contribution in [-0.4, -0.2) is 16.9 Å². The molecule has 0 saturated heterocycles. The highest BCUT2D eigenvalue weighted by Gasteiger charge is 2.14. The Morgan fingerprint density at radius 1 is 0.839 bits per heavy atom. The Hall–Kier alpha value is -3.56. The second-order valence-electron chi connectivity index (χ2n) is 6.17. The normalized spacial score (nSPS) is 10.2. The molecule has 0 saturated carbocycles. The molecule has 0 unspecified atom stereocenters. The number of anilines is 2. The summed E-state index contributed by atoms with van der Waals surface area (Å²) in [6, 6.07) is 15.4. The summed E-state index contributed by atoms with van der Waals surface area (Å²) in [6.07, 6.45) is 0. The molecule has 0 bridgehead atoms. The van der Waals surface area contributed by atoms with Gasteiger partial charge in [-0.1, -0.05) is 29.8 Å². The Morgan fingerprint density at radius 2 is 1.61 bits per heavy atom. The van der Waals surface area contributed by atoms with E-state index in [1.807, 2.05) is 0 Å². The number of carbonyl (C=O) groups is 2. The Balaban J connectivity index is 1.61. The Morgan fingerprint density at radius 3 is 2.39 bits per heavy atom. The minimum Gasteiger partial charge on any atom is -0.330 e. The second-order valence-corrected chi connectivity index (χ2v) is 6.99. The fraction of sp³-hybridized carbons (Fsp3) is 0. The molecule has 0 fully saturated rings. The van der Waals surface area contributed by atoms with Gasteiger partial charge in [0.2, 0.25) is 0 Å². The lowest BCUT2D eigenvalue weighted by Crippen LogP contribution is -2.43. The average molecular weight is 461 g/mol. The van der Waals surface area contributed by atoms with Gasteiger partial charge in [-0.15, -0.1) is 0 Å². The number of halogens is 3. The van der Waals surface area contributed by atoms with Gasteiger partial charge in [0.1, 0.15) is 11.6 Å². The fourth-order valence-corrected chi connectivity index (χ4v) is 2.85. The van der Waals surface area contributed by atoms with Crippen molar-refractivity contribution in [1.29, 1.82) is 0 Å². The zero-order valence-electron chi connectivity index (χ0n) is 15.7. The van der Waals surface area contributed by atoms with E-state index in [0.717, 1.165) is 18.2 Å². The van der Waals surface area contributed by atoms with E-state index in [0.29, 0.717) is 10.7 Å². The van der Waals surface area contributed by atoms with E-state index in [1.165, 1.54) is 24.3 Å². The predicted octanol–water partition coefficient (Wildman–Crippen LogP) is 4.50. The van der Waals surface area contributed by atoms with E-state index in [-0.39, 0.29) is 16.4 Å². The van der Waals surface area contributed by atoms with Crippen LogP contribution < -0.4 is 21.5 Å². The van der Waals surface area contributed by atoms with Crippen LogP contribution in [0.25, 0.3) is 0 Å². The molecule has 0 aliphatic rings. The number of nitrogens with one attached hydrogen (secondary N) is 4. The summed E-state index contributed by atoms with van der Waals surface area (Å²) >= 11 is 11.1. The first-order valence-corrected chi connectivity index (χ1v) is 9.60. The van der Waals surface area contributed by atoms with Gasteiger partial charge < -0.3 is 10.6 Å². The highest BCUT2D eigenvalue weighted by molar-refractivity contribution is 7.80. The first-order valence-electron chi connectivity index (χ1n) is 8.82. The number of carbonyl (C=O) groups excluding carboxylic acids is 2. The Kier molecular flexibility index (Phi) is 7.11. The van der Waals surface area contributed by atoms with Crippen molar-refractivity contribution in [3.63, 3.8) is 0 Å². The number of benzene rings is 3. The molecule has 0 radical (unpaired) electrons. The molecule has 10 heteroatoms. The Labute approximate surface area is 186 Å². The summed E-state index contributed by atoms with van der Waals surface area (Å²) in [5, 5.41) is 5.82. The summed E-state index contributed by atoms with van der Waals surface area (Å²) < 4.78 is 27.1. The third-order valence-electron chi connectivity index (χ3n) is 3.97. The predicted molar refractivity (Wildman–Crippen MR) is 119 cm³/mol. The molecule has 3 aromatic rings. The van der Waals surface area contributed by atoms with Crippen molar-refractivity contribution in [2.45, 2.75) is 0 Å². The van der Waals surface area contributed by atoms with Gasteiger partial charge >= 0.3 is 0 Å². The van der Waals surface area contributed by atoms with Crippen molar-refractivity contribution >= 4 is 52.1 Å². The number of para-hydroxylation sites is 1. The van der Waals surface area contributed by atoms with E-state index in [4.69, 9.17) is 23.8 Å². The highest BCUT2D eigenvalue weighted by Crippen LogP contribution is 2.20. The van der Waals surface area contributed by atoms with E-state index in [9.17, 15) is 18.4 Å². The van der Waals surface area contributed by atoms with E-state index in [2.05, 4.69) is 21.5 Å². The van der Waals surface area contributed by atoms with Crippen molar-refractivity contribution < 1.29 is 18.4 Å². The third kappa shape index (κ3) is 5.97. The lowest BCUT2D eigenvalue weighted by molar-refractivity contribution is 0.0943. The monoisotopic (exact) mass is 460 g/mol. The minimum atomic E-state index is -0.864. The third-order valence-corrected chi connectivity index (χ3v) is 4.50. The number of hydrogen-bond donors (Lipinski definition) is 4. The summed E-state index contributed by atoms with van der Waals surface area (Å²) in [6.45, 7) is 0. The number of thiocarbonyl (C=S) groups is 1. The van der Waals surface area contributed by atoms with Gasteiger partial charge in [-0.05, 0) is 60.7 Å². The van der Waals surface area contributed by atoms with Crippen LogP contribution in [0.2, 0.25) is 5.02 Å². The van der Waals surface area contributed by atoms with Gasteiger partial charge in [0.25, 0.3) is 11.8 Å². The zero-order valence-corrected chi connectivity index (χ0v) is 17.3. The molecule has 4 N–H and O–H groups in total. The maximum atomic E-state index is 13.8. The van der Waals surface area contributed by atoms with Gasteiger partial charge in [0.05, 0.1) is 16.3 Å². The van der Waals surface area contributed by atoms with E-state index in [1.54, 1.807) is 24.3 Å². The van der Waals surface area contributed by atoms with Crippen molar-refractivity contribution in [2.75, 3.05) is 10.6 Å². The van der Waals surface area contributed by atoms with Crippen molar-refractivity contribution in [1.82, 2.24) is 10.9 Å². The lowest BCUT2D eigenvalue weighted by atomic mass is 10.1. The number of rotatable bonds is 4. The van der Waals surface area contributed by atoms with Gasteiger partial charge in [-0.3, -0.25) is 20.4 Å². The van der Waals surface area contributed by atoms with Crippen LogP contribution in [0.3, 0.4) is 0 Å². The summed E-state index contributed by atoms with van der Waals surface area (Å²) in [5.41, 5.74) is 5.46. The SMILES string of the molecule is O=C(NNC(=S)Nc1ccccc1Cl)c1cccc(NC(=O)c2cc(F)ccc2F)c1. The lowest BCUT2D eigenvalue weighted by Gasteiger charge is -2.13. The maximum Gasteiger partial charge on any atom is 0.269 e. The summed E-state index contributed by atoms with van der Waals surface area (Å²) in [7, 11) is 0. The first-order chi connectivity index (χ1) is 14.8. The number of amides is 2. The topological polar surface area (TPSA) is 82.3 Å². The maximum absolute atomic E-state index is 13.8. The molecule has 0 aliphatic heterocycles. The largest absolute Gasteiger partial charge is 0.330 e. The van der Waals surface area contributed by atoms with Crippen LogP contribution in [0.1, 0.15) is 20.7 Å². The highest BCUT2D eigenvalue weighted by atomic mass is 35.5. The van der Waals surface area contributed by atoms with Crippen LogP contribution in [0, 0.1) is 11.6 Å². The zero-order chi connectivity index (χ0) is 22.4. The molecular weight excluding hydrogens is 446 g/mol. The molecule has 0 atom stereocenters. The van der Waals surface area contributed by atoms with E-state index >= 15 is 0 Å². The first kappa shape index (κ1) is 22.1. The number of hydrazine groups is 1. The van der Waals surface area contributed by atoms with Crippen molar-refractivity contribution in [2.24, 2.45) is 0 Å². The summed E-state index contributed by atoms with van der Waals surface area (Å²) in [5.74, 6) is -3.00. The molecule has 0 aliphatic carbocycles. The smallest absolute Gasteiger partial charge is 0.269 e. The quantitative estimate of drug-likeness (QED) is 0.340. The van der Waals surface area contributed by atoms with Crippen LogP contribution in [-0.2, 0) is 0 Å². The van der Waals surface area contributed by atoms with Crippen LogP contribution in [0.15, 0.2) is 66.7 Å². The second kappa shape index (κ2) is 9.96. The summed E-state index contributed by atoms with van der Waals surface area (Å²) in [4.78, 5) is 24.6. The molecule has 158 valence electrons. The van der Waals surface area contributed by atoms with Gasteiger partial charge in [-0.25, -0.2) is 8.78 Å². The molecule has 6 nitrogen and oxygen atoms in total. The molecule has 0 aromatic heterocycles. The van der Waals surface area contributed by atoms with E-state index < -0.39 is 29.0 Å². The van der Waals surface area contributed by atoms with Crippen LogP contribution in [0.5, 0.6) is 0 Å². The molecular formula is C21H15ClF2N4O2S. The Bertz CT molecular complexity index is 1160. The molecule has 0 spiro atoms. The molecule has 3 rings (SSSR count). The van der Waals surface area contributed by atoms with Crippen LogP contribution in [0.4, 0.5) is 20.2 Å².